The van der Waals surface area contributed by atoms with Gasteiger partial charge in [0.1, 0.15) is 0 Å². The van der Waals surface area contributed by atoms with Gasteiger partial charge in [-0.15, -0.1) is 0 Å². The molecule has 1 saturated heterocycles. The largest absolute Gasteiger partial charge is 0.369 e. The van der Waals surface area contributed by atoms with Gasteiger partial charge in [-0.25, -0.2) is 0 Å². The Hall–Kier alpha value is -1.02. The molecule has 2 heteroatoms. The summed E-state index contributed by atoms with van der Waals surface area (Å²) in [6.07, 6.45) is 0. The third kappa shape index (κ3) is 2.81. The van der Waals surface area contributed by atoms with E-state index in [2.05, 4.69) is 55.8 Å². The molecule has 0 spiro atoms. The Morgan fingerprint density at radius 1 is 1.06 bits per heavy atom. The lowest BCUT2D eigenvalue weighted by Crippen LogP contribution is -2.44. The first kappa shape index (κ1) is 12.4. The number of likely N-dealkylation sites (N-methyl/N-ethyl adjacent to an activating group) is 1. The number of piperazine rings is 1. The summed E-state index contributed by atoms with van der Waals surface area (Å²) in [7, 11) is 2.20. The first-order chi connectivity index (χ1) is 8.08. The summed E-state index contributed by atoms with van der Waals surface area (Å²) >= 11 is 0. The van der Waals surface area contributed by atoms with Crippen LogP contribution < -0.4 is 4.90 Å². The average Bonchev–Trinajstić information content (AvgIpc) is 2.31. The molecule has 1 fully saturated rings. The van der Waals surface area contributed by atoms with Crippen LogP contribution in [0.1, 0.15) is 30.9 Å². The molecule has 0 radical (unpaired) electrons. The number of rotatable bonds is 2. The second kappa shape index (κ2) is 5.09. The molecule has 2 rings (SSSR count). The van der Waals surface area contributed by atoms with Crippen molar-refractivity contribution in [3.63, 3.8) is 0 Å². The van der Waals surface area contributed by atoms with Gasteiger partial charge in [-0.3, -0.25) is 0 Å². The number of hydrogen-bond donors (Lipinski definition) is 0. The van der Waals surface area contributed by atoms with E-state index in [0.717, 1.165) is 13.1 Å². The van der Waals surface area contributed by atoms with Gasteiger partial charge in [-0.1, -0.05) is 26.0 Å². The summed E-state index contributed by atoms with van der Waals surface area (Å²) < 4.78 is 0. The van der Waals surface area contributed by atoms with Crippen LogP contribution in [0.5, 0.6) is 0 Å². The number of benzene rings is 1. The topological polar surface area (TPSA) is 6.48 Å². The molecular formula is C15H24N2. The fraction of sp³-hybridized carbons (Fsp3) is 0.600. The Kier molecular flexibility index (Phi) is 3.72. The van der Waals surface area contributed by atoms with Crippen molar-refractivity contribution in [2.75, 3.05) is 38.1 Å². The SMILES string of the molecule is Cc1ccc(C(C)C)cc1N1CCN(C)CC1. The van der Waals surface area contributed by atoms with Gasteiger partial charge in [0, 0.05) is 31.9 Å². The number of nitrogens with zero attached hydrogens (tertiary/aromatic N) is 2. The lowest BCUT2D eigenvalue weighted by atomic mass is 10.00. The highest BCUT2D eigenvalue weighted by atomic mass is 15.2. The summed E-state index contributed by atoms with van der Waals surface area (Å²) in [4.78, 5) is 4.93. The van der Waals surface area contributed by atoms with E-state index in [9.17, 15) is 0 Å². The molecule has 17 heavy (non-hydrogen) atoms. The van der Waals surface area contributed by atoms with Crippen LogP contribution in [0.15, 0.2) is 18.2 Å². The van der Waals surface area contributed by atoms with E-state index in [0.29, 0.717) is 5.92 Å². The zero-order chi connectivity index (χ0) is 12.4. The van der Waals surface area contributed by atoms with Crippen molar-refractivity contribution in [3.05, 3.63) is 29.3 Å². The van der Waals surface area contributed by atoms with E-state index in [1.807, 2.05) is 0 Å². The van der Waals surface area contributed by atoms with E-state index in [1.165, 1.54) is 29.9 Å². The molecule has 94 valence electrons. The Morgan fingerprint density at radius 2 is 1.71 bits per heavy atom. The summed E-state index contributed by atoms with van der Waals surface area (Å²) in [5.74, 6) is 0.613. The molecule has 0 unspecified atom stereocenters. The molecule has 0 aliphatic carbocycles. The third-order valence-electron chi connectivity index (χ3n) is 3.74. The van der Waals surface area contributed by atoms with Crippen LogP contribution in [0.4, 0.5) is 5.69 Å². The van der Waals surface area contributed by atoms with Crippen molar-refractivity contribution in [2.24, 2.45) is 0 Å². The van der Waals surface area contributed by atoms with Gasteiger partial charge in [-0.2, -0.15) is 0 Å². The molecule has 0 saturated carbocycles. The summed E-state index contributed by atoms with van der Waals surface area (Å²) in [5.41, 5.74) is 4.28. The van der Waals surface area contributed by atoms with Gasteiger partial charge in [0.25, 0.3) is 0 Å². The predicted molar refractivity (Wildman–Crippen MR) is 75.0 cm³/mol. The van der Waals surface area contributed by atoms with Gasteiger partial charge >= 0.3 is 0 Å². The van der Waals surface area contributed by atoms with Crippen molar-refractivity contribution in [1.29, 1.82) is 0 Å². The van der Waals surface area contributed by atoms with E-state index >= 15 is 0 Å². The molecule has 1 aliphatic rings. The molecule has 1 heterocycles. The van der Waals surface area contributed by atoms with Crippen molar-refractivity contribution in [3.8, 4) is 0 Å². The van der Waals surface area contributed by atoms with Crippen molar-refractivity contribution < 1.29 is 0 Å². The fourth-order valence-corrected chi connectivity index (χ4v) is 2.37. The molecule has 0 N–H and O–H groups in total. The zero-order valence-electron chi connectivity index (χ0n) is 11.5. The van der Waals surface area contributed by atoms with Gasteiger partial charge in [-0.05, 0) is 37.1 Å². The summed E-state index contributed by atoms with van der Waals surface area (Å²) in [5, 5.41) is 0. The van der Waals surface area contributed by atoms with E-state index < -0.39 is 0 Å². The zero-order valence-corrected chi connectivity index (χ0v) is 11.5. The molecular weight excluding hydrogens is 208 g/mol. The average molecular weight is 232 g/mol. The third-order valence-corrected chi connectivity index (χ3v) is 3.74. The van der Waals surface area contributed by atoms with Crippen LogP contribution in [0.25, 0.3) is 0 Å². The van der Waals surface area contributed by atoms with Gasteiger partial charge in [0.15, 0.2) is 0 Å². The summed E-state index contributed by atoms with van der Waals surface area (Å²) in [6.45, 7) is 11.4. The highest BCUT2D eigenvalue weighted by Gasteiger charge is 2.16. The normalized spacial score (nSPS) is 17.8. The minimum atomic E-state index is 0.613. The molecule has 0 amide bonds. The fourth-order valence-electron chi connectivity index (χ4n) is 2.37. The molecule has 0 atom stereocenters. The maximum Gasteiger partial charge on any atom is 0.0399 e. The lowest BCUT2D eigenvalue weighted by Gasteiger charge is -2.35. The molecule has 1 aliphatic heterocycles. The smallest absolute Gasteiger partial charge is 0.0399 e. The van der Waals surface area contributed by atoms with Crippen molar-refractivity contribution in [2.45, 2.75) is 26.7 Å². The Bertz CT molecular complexity index is 377. The van der Waals surface area contributed by atoms with Crippen molar-refractivity contribution >= 4 is 5.69 Å². The van der Waals surface area contributed by atoms with Gasteiger partial charge < -0.3 is 9.80 Å². The first-order valence-corrected chi connectivity index (χ1v) is 6.62. The Morgan fingerprint density at radius 3 is 2.29 bits per heavy atom. The minimum Gasteiger partial charge on any atom is -0.369 e. The highest BCUT2D eigenvalue weighted by molar-refractivity contribution is 5.55. The molecule has 1 aromatic carbocycles. The van der Waals surface area contributed by atoms with Crippen LogP contribution in [0, 0.1) is 6.92 Å². The summed E-state index contributed by atoms with van der Waals surface area (Å²) in [6, 6.07) is 6.91. The van der Waals surface area contributed by atoms with Crippen LogP contribution in [0.2, 0.25) is 0 Å². The molecule has 2 nitrogen and oxygen atoms in total. The Balaban J connectivity index is 2.22. The van der Waals surface area contributed by atoms with Crippen LogP contribution in [-0.2, 0) is 0 Å². The number of aryl methyl sites for hydroxylation is 1. The van der Waals surface area contributed by atoms with E-state index in [4.69, 9.17) is 0 Å². The predicted octanol–water partition coefficient (Wildman–Crippen LogP) is 2.87. The van der Waals surface area contributed by atoms with E-state index in [1.54, 1.807) is 0 Å². The molecule has 0 bridgehead atoms. The molecule has 1 aromatic rings. The maximum absolute atomic E-state index is 2.53. The standard InChI is InChI=1S/C15H24N2/c1-12(2)14-6-5-13(3)15(11-14)17-9-7-16(4)8-10-17/h5-6,11-12H,7-10H2,1-4H3. The second-order valence-electron chi connectivity index (χ2n) is 5.49. The van der Waals surface area contributed by atoms with Gasteiger partial charge in [0.2, 0.25) is 0 Å². The van der Waals surface area contributed by atoms with Crippen LogP contribution in [0.3, 0.4) is 0 Å². The second-order valence-corrected chi connectivity index (χ2v) is 5.49. The maximum atomic E-state index is 2.53. The van der Waals surface area contributed by atoms with Gasteiger partial charge in [0.05, 0.1) is 0 Å². The number of anilines is 1. The monoisotopic (exact) mass is 232 g/mol. The number of hydrogen-bond acceptors (Lipinski definition) is 2. The Labute approximate surface area is 105 Å². The van der Waals surface area contributed by atoms with E-state index in [-0.39, 0.29) is 0 Å². The quantitative estimate of drug-likeness (QED) is 0.773. The van der Waals surface area contributed by atoms with Crippen LogP contribution in [-0.4, -0.2) is 38.1 Å². The van der Waals surface area contributed by atoms with Crippen LogP contribution >= 0.6 is 0 Å². The first-order valence-electron chi connectivity index (χ1n) is 6.62. The minimum absolute atomic E-state index is 0.613. The highest BCUT2D eigenvalue weighted by Crippen LogP contribution is 2.26. The lowest BCUT2D eigenvalue weighted by molar-refractivity contribution is 0.312. The molecule has 0 aromatic heterocycles. The van der Waals surface area contributed by atoms with Crippen molar-refractivity contribution in [1.82, 2.24) is 4.90 Å².